The van der Waals surface area contributed by atoms with E-state index in [1.165, 1.54) is 0 Å². The monoisotopic (exact) mass is 265 g/mol. The van der Waals surface area contributed by atoms with Gasteiger partial charge in [0.2, 0.25) is 0 Å². The fraction of sp³-hybridized carbons (Fsp3) is 0.125. The average molecular weight is 265 g/mol. The van der Waals surface area contributed by atoms with Crippen LogP contribution in [0.5, 0.6) is 5.75 Å². The summed E-state index contributed by atoms with van der Waals surface area (Å²) in [5.74, 6) is 0.693. The molecule has 2 aromatic carbocycles. The summed E-state index contributed by atoms with van der Waals surface area (Å²) in [7, 11) is 1.60. The van der Waals surface area contributed by atoms with Gasteiger partial charge in [-0.25, -0.2) is 0 Å². The summed E-state index contributed by atoms with van der Waals surface area (Å²) in [6.07, 6.45) is 2.78. The van der Waals surface area contributed by atoms with E-state index >= 15 is 0 Å². The summed E-state index contributed by atoms with van der Waals surface area (Å²) in [5, 5.41) is 12.5. The molecule has 0 saturated heterocycles. The molecule has 0 atom stereocenters. The van der Waals surface area contributed by atoms with E-state index in [0.29, 0.717) is 17.9 Å². The molecule has 0 unspecified atom stereocenters. The summed E-state index contributed by atoms with van der Waals surface area (Å²) in [5.41, 5.74) is 2.29. The fourth-order valence-electron chi connectivity index (χ4n) is 1.60. The first-order valence-corrected chi connectivity index (χ1v) is 6.03. The standard InChI is InChI=1S/C16H13N2O2/c1-19-16-5-3-2-4-15(16)11-18-20-12-14-8-6-13(10-17)7-9-14/h2-9H,12H2,1H3. The van der Waals surface area contributed by atoms with Gasteiger partial charge in [-0.05, 0) is 29.8 Å². The molecule has 0 aliphatic rings. The molecule has 2 rings (SSSR count). The largest absolute Gasteiger partial charge is 0.496 e. The highest BCUT2D eigenvalue weighted by atomic mass is 16.6. The summed E-state index contributed by atoms with van der Waals surface area (Å²) in [4.78, 5) is 5.17. The van der Waals surface area contributed by atoms with Gasteiger partial charge in [0.25, 0.3) is 0 Å². The molecule has 0 spiro atoms. The maximum Gasteiger partial charge on any atom is 0.143 e. The lowest BCUT2D eigenvalue weighted by molar-refractivity contribution is 0.132. The van der Waals surface area contributed by atoms with E-state index in [1.807, 2.05) is 36.4 Å². The average Bonchev–Trinajstić information content (AvgIpc) is 2.52. The maximum atomic E-state index is 8.70. The number of hydrogen-bond donors (Lipinski definition) is 0. The summed E-state index contributed by atoms with van der Waals surface area (Å²) in [6.45, 7) is 0.327. The Balaban J connectivity index is 1.92. The van der Waals surface area contributed by atoms with E-state index in [4.69, 9.17) is 14.8 Å². The van der Waals surface area contributed by atoms with E-state index in [0.717, 1.165) is 11.1 Å². The molecule has 0 amide bonds. The van der Waals surface area contributed by atoms with Crippen molar-refractivity contribution in [1.82, 2.24) is 0 Å². The molecule has 0 bridgehead atoms. The second-order valence-electron chi connectivity index (χ2n) is 3.99. The van der Waals surface area contributed by atoms with Crippen LogP contribution in [0.25, 0.3) is 0 Å². The Morgan fingerprint density at radius 2 is 1.85 bits per heavy atom. The van der Waals surface area contributed by atoms with Crippen molar-refractivity contribution >= 4 is 6.21 Å². The molecule has 0 aliphatic carbocycles. The molecule has 0 N–H and O–H groups in total. The smallest absolute Gasteiger partial charge is 0.143 e. The lowest BCUT2D eigenvalue weighted by atomic mass is 10.2. The minimum absolute atomic E-state index is 0.327. The van der Waals surface area contributed by atoms with Gasteiger partial charge < -0.3 is 9.57 Å². The first-order valence-electron chi connectivity index (χ1n) is 6.03. The van der Waals surface area contributed by atoms with Gasteiger partial charge in [0.1, 0.15) is 18.6 Å². The van der Waals surface area contributed by atoms with E-state index in [-0.39, 0.29) is 0 Å². The predicted molar refractivity (Wildman–Crippen MR) is 75.5 cm³/mol. The third-order valence-electron chi connectivity index (χ3n) is 2.65. The molecule has 0 saturated carbocycles. The van der Waals surface area contributed by atoms with Crippen LogP contribution in [0.15, 0.2) is 53.7 Å². The van der Waals surface area contributed by atoms with Gasteiger partial charge in [0.15, 0.2) is 0 Å². The van der Waals surface area contributed by atoms with Gasteiger partial charge in [-0.2, -0.15) is 5.26 Å². The molecule has 0 fully saturated rings. The molecule has 0 heterocycles. The summed E-state index contributed by atoms with van der Waals surface area (Å²) >= 11 is 0. The zero-order chi connectivity index (χ0) is 14.2. The Labute approximate surface area is 117 Å². The Morgan fingerprint density at radius 1 is 1.10 bits per heavy atom. The predicted octanol–water partition coefficient (Wildman–Crippen LogP) is 2.99. The van der Waals surface area contributed by atoms with Gasteiger partial charge >= 0.3 is 0 Å². The van der Waals surface area contributed by atoms with Crippen LogP contribution in [0, 0.1) is 11.3 Å². The zero-order valence-corrected chi connectivity index (χ0v) is 11.0. The number of nitriles is 1. The molecule has 0 aliphatic heterocycles. The number of para-hydroxylation sites is 1. The summed E-state index contributed by atoms with van der Waals surface area (Å²) < 4.78 is 5.18. The van der Waals surface area contributed by atoms with Crippen molar-refractivity contribution in [3.8, 4) is 11.8 Å². The summed E-state index contributed by atoms with van der Waals surface area (Å²) in [6, 6.07) is 16.6. The van der Waals surface area contributed by atoms with Crippen LogP contribution in [-0.4, -0.2) is 13.3 Å². The van der Waals surface area contributed by atoms with Crippen molar-refractivity contribution in [3.63, 3.8) is 0 Å². The van der Waals surface area contributed by atoms with Crippen LogP contribution in [0.1, 0.15) is 16.7 Å². The second-order valence-corrected chi connectivity index (χ2v) is 3.99. The highest BCUT2D eigenvalue weighted by Gasteiger charge is 1.99. The molecular weight excluding hydrogens is 252 g/mol. The minimum Gasteiger partial charge on any atom is -0.496 e. The number of nitrogens with zero attached hydrogens (tertiary/aromatic N) is 2. The number of ether oxygens (including phenoxy) is 1. The number of hydrogen-bond acceptors (Lipinski definition) is 4. The van der Waals surface area contributed by atoms with Gasteiger partial charge in [0, 0.05) is 5.56 Å². The van der Waals surface area contributed by atoms with Crippen LogP contribution < -0.4 is 4.74 Å². The minimum atomic E-state index is 0.327. The lowest BCUT2D eigenvalue weighted by Crippen LogP contribution is -1.92. The maximum absolute atomic E-state index is 8.70. The highest BCUT2D eigenvalue weighted by molar-refractivity contribution is 5.82. The Kier molecular flexibility index (Phi) is 4.74. The topological polar surface area (TPSA) is 54.6 Å². The normalized spacial score (nSPS) is 10.2. The van der Waals surface area contributed by atoms with Gasteiger partial charge in [-0.1, -0.05) is 29.4 Å². The zero-order valence-electron chi connectivity index (χ0n) is 11.0. The third kappa shape index (κ3) is 3.59. The second kappa shape index (κ2) is 6.95. The van der Waals surface area contributed by atoms with Crippen LogP contribution in [-0.2, 0) is 11.4 Å². The molecule has 99 valence electrons. The Hall–Kier alpha value is -2.80. The molecule has 4 heteroatoms. The molecule has 1 radical (unpaired) electrons. The number of methoxy groups -OCH3 is 1. The van der Waals surface area contributed by atoms with Crippen LogP contribution >= 0.6 is 0 Å². The van der Waals surface area contributed by atoms with Crippen molar-refractivity contribution in [2.45, 2.75) is 6.61 Å². The Bertz CT molecular complexity index is 628. The first kappa shape index (κ1) is 13.6. The lowest BCUT2D eigenvalue weighted by Gasteiger charge is -2.02. The van der Waals surface area contributed by atoms with E-state index in [1.54, 1.807) is 19.2 Å². The fourth-order valence-corrected chi connectivity index (χ4v) is 1.60. The number of rotatable bonds is 5. The van der Waals surface area contributed by atoms with E-state index < -0.39 is 0 Å². The molecule has 4 nitrogen and oxygen atoms in total. The van der Waals surface area contributed by atoms with Crippen molar-refractivity contribution < 1.29 is 9.57 Å². The first-order chi connectivity index (χ1) is 9.83. The van der Waals surface area contributed by atoms with Crippen molar-refractivity contribution in [1.29, 1.82) is 5.26 Å². The molecule has 20 heavy (non-hydrogen) atoms. The number of benzene rings is 2. The quantitative estimate of drug-likeness (QED) is 0.617. The molecular formula is C16H13N2O2. The third-order valence-corrected chi connectivity index (χ3v) is 2.65. The van der Waals surface area contributed by atoms with Crippen molar-refractivity contribution in [3.05, 3.63) is 65.2 Å². The SMILES string of the molecule is COc1ccccc1/[C]=N\OCc1ccc(C#N)cc1. The van der Waals surface area contributed by atoms with Crippen molar-refractivity contribution in [2.75, 3.05) is 7.11 Å². The molecule has 2 aromatic rings. The van der Waals surface area contributed by atoms with Gasteiger partial charge in [0.05, 0.1) is 18.7 Å². The van der Waals surface area contributed by atoms with Crippen LogP contribution in [0.3, 0.4) is 0 Å². The van der Waals surface area contributed by atoms with Gasteiger partial charge in [-0.3, -0.25) is 0 Å². The highest BCUT2D eigenvalue weighted by Crippen LogP contribution is 2.14. The Morgan fingerprint density at radius 3 is 2.55 bits per heavy atom. The van der Waals surface area contributed by atoms with Crippen LogP contribution in [0.4, 0.5) is 0 Å². The van der Waals surface area contributed by atoms with Gasteiger partial charge in [-0.15, -0.1) is 0 Å². The van der Waals surface area contributed by atoms with Crippen molar-refractivity contribution in [2.24, 2.45) is 5.16 Å². The molecule has 0 aromatic heterocycles. The van der Waals surface area contributed by atoms with E-state index in [9.17, 15) is 0 Å². The van der Waals surface area contributed by atoms with E-state index in [2.05, 4.69) is 17.4 Å². The van der Waals surface area contributed by atoms with Crippen LogP contribution in [0.2, 0.25) is 0 Å².